The number of aromatic nitrogens is 1. The van der Waals surface area contributed by atoms with Gasteiger partial charge in [0.05, 0.1) is 0 Å². The van der Waals surface area contributed by atoms with E-state index in [0.29, 0.717) is 43.7 Å². The third kappa shape index (κ3) is 5.05. The lowest BCUT2D eigenvalue weighted by Gasteiger charge is -2.39. The molecular formula is C28H23F6N3O. The minimum atomic E-state index is -4.69. The maximum atomic E-state index is 14.3. The van der Waals surface area contributed by atoms with Crippen molar-refractivity contribution in [1.29, 1.82) is 0 Å². The molecular weight excluding hydrogens is 508 g/mol. The molecule has 3 aromatic rings. The first-order chi connectivity index (χ1) is 18.1. The van der Waals surface area contributed by atoms with Crippen LogP contribution in [0.5, 0.6) is 0 Å². The second-order valence-corrected chi connectivity index (χ2v) is 9.63. The number of nitrogens with zero attached hydrogens (tertiary/aromatic N) is 3. The van der Waals surface area contributed by atoms with Gasteiger partial charge in [0.25, 0.3) is 5.91 Å². The van der Waals surface area contributed by atoms with Crippen molar-refractivity contribution in [2.24, 2.45) is 0 Å². The average Bonchev–Trinajstić information content (AvgIpc) is 3.18. The van der Waals surface area contributed by atoms with Crippen molar-refractivity contribution < 1.29 is 31.1 Å². The molecule has 0 bridgehead atoms. The fourth-order valence-electron chi connectivity index (χ4n) is 5.25. The molecule has 10 heteroatoms. The number of piperidine rings is 1. The summed E-state index contributed by atoms with van der Waals surface area (Å²) >= 11 is 0. The van der Waals surface area contributed by atoms with E-state index in [1.54, 1.807) is 12.2 Å². The van der Waals surface area contributed by atoms with Gasteiger partial charge in [-0.2, -0.15) is 13.2 Å². The van der Waals surface area contributed by atoms with Crippen LogP contribution in [-0.2, 0) is 11.6 Å². The third-order valence-electron chi connectivity index (χ3n) is 7.26. The van der Waals surface area contributed by atoms with Crippen LogP contribution >= 0.6 is 0 Å². The molecule has 1 amide bonds. The fourth-order valence-corrected chi connectivity index (χ4v) is 5.25. The summed E-state index contributed by atoms with van der Waals surface area (Å²) in [7, 11) is 0. The first kappa shape index (κ1) is 26.0. The van der Waals surface area contributed by atoms with Gasteiger partial charge in [-0.1, -0.05) is 12.2 Å². The SMILES string of the molecule is O=C(c1ccnc(C(F)(F)F)c1)N1CC2(CCN(CC=Cc3ccc(F)cc3F)CC2)c2cc(F)ccc21. The molecule has 1 spiro atoms. The number of halogens is 6. The molecule has 0 unspecified atom stereocenters. The van der Waals surface area contributed by atoms with Gasteiger partial charge in [-0.15, -0.1) is 0 Å². The number of amides is 1. The summed E-state index contributed by atoms with van der Waals surface area (Å²) in [5.74, 6) is -2.35. The number of fused-ring (bicyclic) bond motifs is 2. The van der Waals surface area contributed by atoms with E-state index >= 15 is 0 Å². The Hall–Kier alpha value is -3.66. The summed E-state index contributed by atoms with van der Waals surface area (Å²) in [6, 6.07) is 9.48. The quantitative estimate of drug-likeness (QED) is 0.375. The van der Waals surface area contributed by atoms with Crippen LogP contribution in [0.1, 0.15) is 40.0 Å². The van der Waals surface area contributed by atoms with E-state index in [0.717, 1.165) is 18.3 Å². The van der Waals surface area contributed by atoms with Crippen molar-refractivity contribution in [3.63, 3.8) is 0 Å². The zero-order valence-electron chi connectivity index (χ0n) is 20.1. The summed E-state index contributed by atoms with van der Waals surface area (Å²) < 4.78 is 80.7. The fraction of sp³-hybridized carbons (Fsp3) is 0.286. The number of hydrogen-bond donors (Lipinski definition) is 0. The number of rotatable bonds is 4. The number of likely N-dealkylation sites (tertiary alicyclic amines) is 1. The molecule has 1 saturated heterocycles. The molecule has 0 radical (unpaired) electrons. The van der Waals surface area contributed by atoms with E-state index in [1.165, 1.54) is 41.3 Å². The van der Waals surface area contributed by atoms with Crippen molar-refractivity contribution >= 4 is 17.7 Å². The first-order valence-corrected chi connectivity index (χ1v) is 12.0. The van der Waals surface area contributed by atoms with E-state index in [2.05, 4.69) is 9.88 Å². The van der Waals surface area contributed by atoms with E-state index < -0.39 is 40.6 Å². The topological polar surface area (TPSA) is 36.4 Å². The predicted octanol–water partition coefficient (Wildman–Crippen LogP) is 6.23. The lowest BCUT2D eigenvalue weighted by Crippen LogP contribution is -2.46. The van der Waals surface area contributed by atoms with Crippen molar-refractivity contribution in [3.8, 4) is 0 Å². The Kier molecular flexibility index (Phi) is 6.77. The lowest BCUT2D eigenvalue weighted by molar-refractivity contribution is -0.141. The molecule has 2 aliphatic rings. The molecule has 5 rings (SSSR count). The van der Waals surface area contributed by atoms with Crippen LogP contribution in [0.3, 0.4) is 0 Å². The standard InChI is InChI=1S/C28H23F6N3O/c29-20-5-6-24-22(15-20)27(17-37(24)26(38)19-7-10-35-25(14-19)28(32,33)34)8-12-36(13-9-27)11-1-2-18-3-4-21(30)16-23(18)31/h1-7,10,14-16H,8-9,11-13,17H2. The first-order valence-electron chi connectivity index (χ1n) is 12.0. The van der Waals surface area contributed by atoms with E-state index in [4.69, 9.17) is 0 Å². The minimum Gasteiger partial charge on any atom is -0.307 e. The smallest absolute Gasteiger partial charge is 0.307 e. The Bertz CT molecular complexity index is 1400. The molecule has 2 aromatic carbocycles. The van der Waals surface area contributed by atoms with E-state index in [-0.39, 0.29) is 17.7 Å². The predicted molar refractivity (Wildman–Crippen MR) is 130 cm³/mol. The molecule has 38 heavy (non-hydrogen) atoms. The van der Waals surface area contributed by atoms with Gasteiger partial charge in [0.1, 0.15) is 23.1 Å². The maximum Gasteiger partial charge on any atom is 0.433 e. The summed E-state index contributed by atoms with van der Waals surface area (Å²) in [5.41, 5.74) is -0.412. The van der Waals surface area contributed by atoms with Crippen LogP contribution in [0.25, 0.3) is 6.08 Å². The van der Waals surface area contributed by atoms with E-state index in [1.807, 2.05) is 0 Å². The van der Waals surface area contributed by atoms with Crippen molar-refractivity contribution in [3.05, 3.63) is 101 Å². The van der Waals surface area contributed by atoms with Crippen LogP contribution in [0, 0.1) is 17.5 Å². The Balaban J connectivity index is 1.33. The highest BCUT2D eigenvalue weighted by Crippen LogP contribution is 2.47. The highest BCUT2D eigenvalue weighted by Gasteiger charge is 2.46. The van der Waals surface area contributed by atoms with Gasteiger partial charge in [0, 0.05) is 47.6 Å². The van der Waals surface area contributed by atoms with Crippen LogP contribution in [-0.4, -0.2) is 42.0 Å². The van der Waals surface area contributed by atoms with Gasteiger partial charge in [0.2, 0.25) is 0 Å². The summed E-state index contributed by atoms with van der Waals surface area (Å²) in [6.07, 6.45) is 0.828. The number of pyridine rings is 1. The number of carbonyl (C=O) groups is 1. The van der Waals surface area contributed by atoms with Crippen LogP contribution in [0.15, 0.2) is 60.8 Å². The summed E-state index contributed by atoms with van der Waals surface area (Å²) in [6.45, 7) is 1.96. The van der Waals surface area contributed by atoms with Gasteiger partial charge in [-0.3, -0.25) is 14.7 Å². The van der Waals surface area contributed by atoms with Gasteiger partial charge in [0.15, 0.2) is 0 Å². The molecule has 0 saturated carbocycles. The maximum absolute atomic E-state index is 14.3. The summed E-state index contributed by atoms with van der Waals surface area (Å²) in [4.78, 5) is 20.2. The normalized spacial score (nSPS) is 17.4. The molecule has 2 aliphatic heterocycles. The number of carbonyl (C=O) groups excluding carboxylic acids is 1. The Morgan fingerprint density at radius 2 is 1.68 bits per heavy atom. The second-order valence-electron chi connectivity index (χ2n) is 9.63. The monoisotopic (exact) mass is 531 g/mol. The number of benzene rings is 2. The molecule has 0 atom stereocenters. The highest BCUT2D eigenvalue weighted by molar-refractivity contribution is 6.07. The second kappa shape index (κ2) is 9.90. The van der Waals surface area contributed by atoms with Gasteiger partial charge >= 0.3 is 6.18 Å². The Morgan fingerprint density at radius 3 is 2.39 bits per heavy atom. The van der Waals surface area contributed by atoms with Gasteiger partial charge < -0.3 is 4.90 Å². The highest BCUT2D eigenvalue weighted by atomic mass is 19.4. The molecule has 3 heterocycles. The average molecular weight is 532 g/mol. The van der Waals surface area contributed by atoms with Gasteiger partial charge in [-0.05, 0) is 74.0 Å². The number of hydrogen-bond acceptors (Lipinski definition) is 3. The number of alkyl halides is 3. The van der Waals surface area contributed by atoms with Crippen LogP contribution < -0.4 is 4.90 Å². The van der Waals surface area contributed by atoms with E-state index in [9.17, 15) is 31.1 Å². The molecule has 0 aliphatic carbocycles. The van der Waals surface area contributed by atoms with Crippen molar-refractivity contribution in [2.75, 3.05) is 31.1 Å². The third-order valence-corrected chi connectivity index (χ3v) is 7.26. The number of anilines is 1. The largest absolute Gasteiger partial charge is 0.433 e. The molecule has 0 N–H and O–H groups in total. The molecule has 1 fully saturated rings. The van der Waals surface area contributed by atoms with Crippen molar-refractivity contribution in [1.82, 2.24) is 9.88 Å². The molecule has 198 valence electrons. The summed E-state index contributed by atoms with van der Waals surface area (Å²) in [5, 5.41) is 0. The lowest BCUT2D eigenvalue weighted by atomic mass is 9.74. The minimum absolute atomic E-state index is 0.143. The molecule has 1 aromatic heterocycles. The zero-order chi connectivity index (χ0) is 27.1. The zero-order valence-corrected chi connectivity index (χ0v) is 20.1. The Labute approximate surface area is 215 Å². The van der Waals surface area contributed by atoms with Crippen LogP contribution in [0.4, 0.5) is 32.0 Å². The van der Waals surface area contributed by atoms with Crippen molar-refractivity contribution in [2.45, 2.75) is 24.4 Å². The molecule has 4 nitrogen and oxygen atoms in total. The Morgan fingerprint density at radius 1 is 0.974 bits per heavy atom. The van der Waals surface area contributed by atoms with Crippen LogP contribution in [0.2, 0.25) is 0 Å². The van der Waals surface area contributed by atoms with Gasteiger partial charge in [-0.25, -0.2) is 13.2 Å².